The zero-order valence-electron chi connectivity index (χ0n) is 11.5. The van der Waals surface area contributed by atoms with E-state index >= 15 is 0 Å². The summed E-state index contributed by atoms with van der Waals surface area (Å²) in [6.45, 7) is 0.577. The van der Waals surface area contributed by atoms with Crippen molar-refractivity contribution >= 4 is 17.9 Å². The van der Waals surface area contributed by atoms with Crippen molar-refractivity contribution in [3.63, 3.8) is 0 Å². The minimum atomic E-state index is -1.31. The number of carboxylic acid groups (broad SMARTS) is 3. The Morgan fingerprint density at radius 1 is 1.00 bits per heavy atom. The number of carboxylic acids is 3. The molecule has 0 aliphatic carbocycles. The Morgan fingerprint density at radius 3 is 1.62 bits per heavy atom. The molecular weight excluding hydrogens is 288 g/mol. The number of hydrogen-bond acceptors (Lipinski definition) is 6. The molecule has 1 unspecified atom stereocenters. The van der Waals surface area contributed by atoms with E-state index in [9.17, 15) is 14.4 Å². The molecule has 21 heavy (non-hydrogen) atoms. The monoisotopic (exact) mass is 308 g/mol. The van der Waals surface area contributed by atoms with E-state index in [0.717, 1.165) is 6.08 Å². The number of carbonyl (C=O) groups is 3. The molecule has 0 rings (SSSR count). The Bertz CT molecular complexity index is 359. The van der Waals surface area contributed by atoms with E-state index in [1.807, 2.05) is 0 Å². The number of hydrogen-bond donors (Lipinski definition) is 6. The molecule has 0 aliphatic heterocycles. The summed E-state index contributed by atoms with van der Waals surface area (Å²) >= 11 is 0. The van der Waals surface area contributed by atoms with Gasteiger partial charge in [-0.2, -0.15) is 0 Å². The lowest BCUT2D eigenvalue weighted by molar-refractivity contribution is -0.147. The van der Waals surface area contributed by atoms with Crippen LogP contribution in [0.5, 0.6) is 0 Å². The van der Waals surface area contributed by atoms with Gasteiger partial charge in [-0.3, -0.25) is 9.59 Å². The van der Waals surface area contributed by atoms with E-state index in [1.54, 1.807) is 6.92 Å². The number of aliphatic carboxylic acids is 3. The first-order chi connectivity index (χ1) is 9.65. The lowest BCUT2D eigenvalue weighted by Crippen LogP contribution is -2.36. The zero-order chi connectivity index (χ0) is 17.1. The third kappa shape index (κ3) is 9.55. The van der Waals surface area contributed by atoms with Crippen LogP contribution in [0.2, 0.25) is 0 Å². The van der Waals surface area contributed by atoms with E-state index < -0.39 is 48.9 Å². The highest BCUT2D eigenvalue weighted by Crippen LogP contribution is 2.28. The predicted molar refractivity (Wildman–Crippen MR) is 69.5 cm³/mol. The Kier molecular flexibility index (Phi) is 10.9. The largest absolute Gasteiger partial charge is 0.481 e. The summed E-state index contributed by atoms with van der Waals surface area (Å²) in [5.41, 5.74) is -1.08. The summed E-state index contributed by atoms with van der Waals surface area (Å²) < 4.78 is 0. The van der Waals surface area contributed by atoms with Gasteiger partial charge in [0.15, 0.2) is 0 Å². The molecular formula is C12H20O9. The normalized spacial score (nSPS) is 12.4. The van der Waals surface area contributed by atoms with E-state index in [0.29, 0.717) is 0 Å². The van der Waals surface area contributed by atoms with E-state index in [1.165, 1.54) is 6.08 Å². The minimum absolute atomic E-state index is 0.231. The molecule has 0 aromatic carbocycles. The van der Waals surface area contributed by atoms with Crippen LogP contribution in [0.1, 0.15) is 13.3 Å². The van der Waals surface area contributed by atoms with Crippen LogP contribution in [0.15, 0.2) is 12.2 Å². The van der Waals surface area contributed by atoms with Gasteiger partial charge in [-0.05, 0) is 5.92 Å². The second-order valence-electron chi connectivity index (χ2n) is 4.27. The van der Waals surface area contributed by atoms with Crippen LogP contribution >= 0.6 is 0 Å². The van der Waals surface area contributed by atoms with E-state index in [2.05, 4.69) is 0 Å². The van der Waals surface area contributed by atoms with Gasteiger partial charge in [-0.25, -0.2) is 4.79 Å². The first-order valence-corrected chi connectivity index (χ1v) is 5.83. The second kappa shape index (κ2) is 10.8. The number of rotatable bonds is 8. The van der Waals surface area contributed by atoms with Gasteiger partial charge in [0.2, 0.25) is 0 Å². The predicted octanol–water partition coefficient (Wildman–Crippen LogP) is -1.23. The van der Waals surface area contributed by atoms with Crippen molar-refractivity contribution in [2.24, 2.45) is 11.3 Å². The Balaban J connectivity index is 0. The summed E-state index contributed by atoms with van der Waals surface area (Å²) in [6.07, 6.45) is 1.27. The van der Waals surface area contributed by atoms with Crippen LogP contribution in [0.4, 0.5) is 0 Å². The summed E-state index contributed by atoms with van der Waals surface area (Å²) in [5, 5.41) is 50.9. The van der Waals surface area contributed by atoms with Crippen LogP contribution in [0.3, 0.4) is 0 Å². The third-order valence-electron chi connectivity index (χ3n) is 2.70. The molecule has 1 atom stereocenters. The topological polar surface area (TPSA) is 173 Å². The maximum atomic E-state index is 10.3. The molecule has 6 N–H and O–H groups in total. The summed E-state index contributed by atoms with van der Waals surface area (Å²) in [5.74, 6) is -4.19. The molecule has 0 bridgehead atoms. The molecule has 0 saturated carbocycles. The maximum absolute atomic E-state index is 10.3. The van der Waals surface area contributed by atoms with E-state index in [4.69, 9.17) is 30.6 Å². The first kappa shape index (κ1) is 21.3. The molecule has 0 aliphatic rings. The minimum Gasteiger partial charge on any atom is -0.481 e. The maximum Gasteiger partial charge on any atom is 0.328 e. The molecule has 0 spiro atoms. The van der Waals surface area contributed by atoms with Crippen molar-refractivity contribution in [1.29, 1.82) is 0 Å². The highest BCUT2D eigenvalue weighted by Gasteiger charge is 2.32. The Hall–Kier alpha value is -1.97. The van der Waals surface area contributed by atoms with Crippen LogP contribution in [-0.2, 0) is 14.4 Å². The fourth-order valence-corrected chi connectivity index (χ4v) is 1.18. The summed E-state index contributed by atoms with van der Waals surface area (Å²) in [7, 11) is 0. The molecule has 0 radical (unpaired) electrons. The molecule has 9 nitrogen and oxygen atoms in total. The van der Waals surface area contributed by atoms with Crippen LogP contribution in [0.25, 0.3) is 0 Å². The van der Waals surface area contributed by atoms with E-state index in [-0.39, 0.29) is 6.61 Å². The van der Waals surface area contributed by atoms with Crippen molar-refractivity contribution in [1.82, 2.24) is 0 Å². The fourth-order valence-electron chi connectivity index (χ4n) is 1.18. The van der Waals surface area contributed by atoms with Gasteiger partial charge in [-0.1, -0.05) is 13.0 Å². The lowest BCUT2D eigenvalue weighted by atomic mass is 9.77. The number of aliphatic hydroxyl groups is 3. The number of aliphatic hydroxyl groups excluding tert-OH is 3. The SMILES string of the molecule is CC(CO)C(C=CC(=O)O)(CO)CO.O=C(O)CC(=O)O. The lowest BCUT2D eigenvalue weighted by Gasteiger charge is -2.31. The molecule has 0 saturated heterocycles. The first-order valence-electron chi connectivity index (χ1n) is 5.83. The average molecular weight is 308 g/mol. The van der Waals surface area contributed by atoms with Crippen molar-refractivity contribution in [2.45, 2.75) is 13.3 Å². The standard InChI is InChI=1S/C9H16O5.C3H4O4/c1-7(4-10)9(5-11,6-12)3-2-8(13)14;4-2(5)1-3(6)7/h2-3,7,10-12H,4-6H2,1H3,(H,13,14);1H2,(H,4,5)(H,6,7). The molecule has 0 fully saturated rings. The molecule has 0 heterocycles. The molecule has 0 aromatic heterocycles. The summed E-state index contributed by atoms with van der Waals surface area (Å²) in [6, 6.07) is 0. The van der Waals surface area contributed by atoms with Crippen LogP contribution < -0.4 is 0 Å². The highest BCUT2D eigenvalue weighted by molar-refractivity contribution is 5.88. The highest BCUT2D eigenvalue weighted by atomic mass is 16.4. The van der Waals surface area contributed by atoms with Crippen molar-refractivity contribution in [2.75, 3.05) is 19.8 Å². The van der Waals surface area contributed by atoms with Crippen molar-refractivity contribution in [3.05, 3.63) is 12.2 Å². The smallest absolute Gasteiger partial charge is 0.328 e. The van der Waals surface area contributed by atoms with Crippen molar-refractivity contribution in [3.8, 4) is 0 Å². The van der Waals surface area contributed by atoms with Gasteiger partial charge in [-0.15, -0.1) is 0 Å². The van der Waals surface area contributed by atoms with Gasteiger partial charge >= 0.3 is 17.9 Å². The second-order valence-corrected chi connectivity index (χ2v) is 4.27. The zero-order valence-corrected chi connectivity index (χ0v) is 11.5. The van der Waals surface area contributed by atoms with Crippen LogP contribution in [-0.4, -0.2) is 68.4 Å². The average Bonchev–Trinajstić information content (AvgIpc) is 2.38. The Morgan fingerprint density at radius 2 is 1.43 bits per heavy atom. The quantitative estimate of drug-likeness (QED) is 0.237. The van der Waals surface area contributed by atoms with Gasteiger partial charge < -0.3 is 30.6 Å². The van der Waals surface area contributed by atoms with Crippen LogP contribution in [0, 0.1) is 11.3 Å². The molecule has 0 amide bonds. The Labute approximate surface area is 120 Å². The molecule has 122 valence electrons. The fraction of sp³-hybridized carbons (Fsp3) is 0.583. The van der Waals surface area contributed by atoms with Gasteiger partial charge in [0.25, 0.3) is 0 Å². The third-order valence-corrected chi connectivity index (χ3v) is 2.70. The molecule has 9 heteroatoms. The summed E-state index contributed by atoms with van der Waals surface area (Å²) in [4.78, 5) is 29.1. The molecule has 0 aromatic rings. The van der Waals surface area contributed by atoms with Gasteiger partial charge in [0.05, 0.1) is 13.2 Å². The van der Waals surface area contributed by atoms with Crippen molar-refractivity contribution < 1.29 is 45.0 Å². The van der Waals surface area contributed by atoms with Gasteiger partial charge in [0, 0.05) is 18.1 Å². The van der Waals surface area contributed by atoms with Gasteiger partial charge in [0.1, 0.15) is 6.42 Å².